The predicted octanol–water partition coefficient (Wildman–Crippen LogP) is 1.94. The van der Waals surface area contributed by atoms with E-state index in [4.69, 9.17) is 4.74 Å². The topological polar surface area (TPSA) is 61.8 Å². The van der Waals surface area contributed by atoms with Crippen molar-refractivity contribution in [2.24, 2.45) is 5.41 Å². The third-order valence-corrected chi connectivity index (χ3v) is 5.79. The summed E-state index contributed by atoms with van der Waals surface area (Å²) < 4.78 is 5.59. The Morgan fingerprint density at radius 2 is 2.24 bits per heavy atom. The lowest BCUT2D eigenvalue weighted by molar-refractivity contribution is -0.131. The van der Waals surface area contributed by atoms with Crippen molar-refractivity contribution < 1.29 is 14.6 Å². The minimum atomic E-state index is -0.0710. The molecule has 1 aromatic rings. The van der Waals surface area contributed by atoms with Gasteiger partial charge in [-0.3, -0.25) is 4.79 Å². The molecule has 2 N–H and O–H groups in total. The number of nitrogens with one attached hydrogen (secondary N) is 1. The van der Waals surface area contributed by atoms with Crippen LogP contribution in [0.3, 0.4) is 0 Å². The van der Waals surface area contributed by atoms with Gasteiger partial charge in [-0.05, 0) is 44.0 Å². The number of ether oxygens (including phenoxy) is 1. The smallest absolute Gasteiger partial charge is 0.254 e. The Bertz CT molecular complexity index is 727. The van der Waals surface area contributed by atoms with Crippen molar-refractivity contribution in [1.82, 2.24) is 10.2 Å². The third-order valence-electron chi connectivity index (χ3n) is 5.79. The first kappa shape index (κ1) is 16.4. The van der Waals surface area contributed by atoms with Gasteiger partial charge in [-0.25, -0.2) is 0 Å². The van der Waals surface area contributed by atoms with Crippen LogP contribution in [0.5, 0.6) is 5.75 Å². The number of aliphatic hydroxyl groups is 1. The molecule has 5 heteroatoms. The van der Waals surface area contributed by atoms with Crippen LogP contribution in [0.15, 0.2) is 42.2 Å². The normalized spacial score (nSPS) is 28.3. The Morgan fingerprint density at radius 1 is 1.36 bits per heavy atom. The van der Waals surface area contributed by atoms with Crippen LogP contribution >= 0.6 is 0 Å². The average Bonchev–Trinajstić information content (AvgIpc) is 2.89. The molecule has 0 aliphatic carbocycles. The number of piperidine rings is 2. The van der Waals surface area contributed by atoms with Gasteiger partial charge >= 0.3 is 0 Å². The van der Waals surface area contributed by atoms with Crippen LogP contribution in [-0.2, 0) is 4.79 Å². The lowest BCUT2D eigenvalue weighted by atomic mass is 9.70. The maximum Gasteiger partial charge on any atom is 0.254 e. The molecular formula is C20H24N2O3. The Morgan fingerprint density at radius 3 is 3.12 bits per heavy atom. The van der Waals surface area contributed by atoms with Crippen LogP contribution in [0.1, 0.15) is 24.8 Å². The number of amides is 1. The number of aliphatic hydroxyl groups excluding tert-OH is 1. The molecule has 0 bridgehead atoms. The first-order chi connectivity index (χ1) is 12.2. The minimum Gasteiger partial charge on any atom is -0.464 e. The first-order valence-electron chi connectivity index (χ1n) is 8.99. The molecule has 2 fully saturated rings. The number of fused-ring (bicyclic) bond motifs is 2. The second kappa shape index (κ2) is 6.65. The molecule has 5 nitrogen and oxygen atoms in total. The highest BCUT2D eigenvalue weighted by Crippen LogP contribution is 2.38. The fourth-order valence-electron chi connectivity index (χ4n) is 4.21. The zero-order valence-corrected chi connectivity index (χ0v) is 14.3. The van der Waals surface area contributed by atoms with Crippen LogP contribution in [-0.4, -0.2) is 48.2 Å². The van der Waals surface area contributed by atoms with E-state index in [2.05, 4.69) is 5.32 Å². The van der Waals surface area contributed by atoms with E-state index in [9.17, 15) is 9.90 Å². The highest BCUT2D eigenvalue weighted by molar-refractivity contribution is 6.01. The van der Waals surface area contributed by atoms with Gasteiger partial charge in [0.25, 0.3) is 5.91 Å². The second-order valence-corrected chi connectivity index (χ2v) is 7.19. The number of para-hydroxylation sites is 1. The Balaban J connectivity index is 1.55. The van der Waals surface area contributed by atoms with Crippen LogP contribution < -0.4 is 10.1 Å². The molecule has 2 saturated heterocycles. The van der Waals surface area contributed by atoms with E-state index in [-0.39, 0.29) is 24.0 Å². The molecule has 0 radical (unpaired) electrons. The lowest BCUT2D eigenvalue weighted by Gasteiger charge is -2.50. The summed E-state index contributed by atoms with van der Waals surface area (Å²) in [4.78, 5) is 14.9. The number of hydrogen-bond acceptors (Lipinski definition) is 4. The molecule has 25 heavy (non-hydrogen) atoms. The highest BCUT2D eigenvalue weighted by Gasteiger charge is 2.45. The fourth-order valence-corrected chi connectivity index (χ4v) is 4.21. The van der Waals surface area contributed by atoms with E-state index < -0.39 is 0 Å². The Hall–Kier alpha value is -2.11. The summed E-state index contributed by atoms with van der Waals surface area (Å²) >= 11 is 0. The SMILES string of the molecule is O=C(C1=Cc2ccccc2OC=C1)N1CC[C@@]2(CO)CCCN[C@@H]2C1. The van der Waals surface area contributed by atoms with Crippen molar-refractivity contribution in [3.05, 3.63) is 47.7 Å². The summed E-state index contributed by atoms with van der Waals surface area (Å²) in [6.45, 7) is 2.48. The van der Waals surface area contributed by atoms with Gasteiger partial charge in [0.05, 0.1) is 12.9 Å². The van der Waals surface area contributed by atoms with E-state index in [1.54, 1.807) is 12.3 Å². The van der Waals surface area contributed by atoms with E-state index in [0.717, 1.165) is 37.1 Å². The molecule has 0 spiro atoms. The lowest BCUT2D eigenvalue weighted by Crippen LogP contribution is -2.62. The Labute approximate surface area is 148 Å². The standard InChI is InChI=1S/C20H24N2O3/c23-14-20-7-3-9-21-18(20)13-22(10-8-20)19(24)16-6-11-25-17-5-2-1-4-15(17)12-16/h1-2,4-6,11-12,18,21,23H,3,7-10,13-14H2/t18-,20-/m1/s1. The summed E-state index contributed by atoms with van der Waals surface area (Å²) in [5.74, 6) is 0.781. The number of carbonyl (C=O) groups excluding carboxylic acids is 1. The van der Waals surface area contributed by atoms with Crippen molar-refractivity contribution in [1.29, 1.82) is 0 Å². The van der Waals surface area contributed by atoms with Crippen LogP contribution in [0, 0.1) is 5.41 Å². The highest BCUT2D eigenvalue weighted by atomic mass is 16.5. The summed E-state index contributed by atoms with van der Waals surface area (Å²) in [6, 6.07) is 7.87. The second-order valence-electron chi connectivity index (χ2n) is 7.19. The van der Waals surface area contributed by atoms with Gasteiger partial charge in [0.15, 0.2) is 0 Å². The number of likely N-dealkylation sites (tertiary alicyclic amines) is 1. The Kier molecular flexibility index (Phi) is 4.36. The van der Waals surface area contributed by atoms with Crippen molar-refractivity contribution in [3.8, 4) is 5.75 Å². The molecule has 1 amide bonds. The van der Waals surface area contributed by atoms with Crippen molar-refractivity contribution in [2.45, 2.75) is 25.3 Å². The molecule has 0 unspecified atom stereocenters. The van der Waals surface area contributed by atoms with Crippen molar-refractivity contribution in [3.63, 3.8) is 0 Å². The minimum absolute atomic E-state index is 0.0236. The average molecular weight is 340 g/mol. The van der Waals surface area contributed by atoms with Crippen LogP contribution in [0.25, 0.3) is 6.08 Å². The molecule has 3 aliphatic heterocycles. The molecule has 3 heterocycles. The maximum atomic E-state index is 13.0. The monoisotopic (exact) mass is 340 g/mol. The zero-order chi connectivity index (χ0) is 17.3. The molecule has 0 saturated carbocycles. The number of benzene rings is 1. The number of hydrogen-bond donors (Lipinski definition) is 2. The number of rotatable bonds is 2. The van der Waals surface area contributed by atoms with E-state index in [1.807, 2.05) is 35.2 Å². The van der Waals surface area contributed by atoms with E-state index >= 15 is 0 Å². The largest absolute Gasteiger partial charge is 0.464 e. The predicted molar refractivity (Wildman–Crippen MR) is 95.9 cm³/mol. The van der Waals surface area contributed by atoms with Crippen LogP contribution in [0.2, 0.25) is 0 Å². The third kappa shape index (κ3) is 2.98. The molecule has 3 aliphatic rings. The van der Waals surface area contributed by atoms with Crippen molar-refractivity contribution >= 4 is 12.0 Å². The van der Waals surface area contributed by atoms with Gasteiger partial charge in [-0.15, -0.1) is 0 Å². The molecule has 0 aromatic heterocycles. The summed E-state index contributed by atoms with van der Waals surface area (Å²) in [6.07, 6.45) is 8.18. The number of carbonyl (C=O) groups is 1. The molecular weight excluding hydrogens is 316 g/mol. The molecule has 1 aromatic carbocycles. The molecule has 132 valence electrons. The fraction of sp³-hybridized carbons (Fsp3) is 0.450. The molecule has 4 rings (SSSR count). The van der Waals surface area contributed by atoms with Gasteiger partial charge in [0, 0.05) is 35.7 Å². The maximum absolute atomic E-state index is 13.0. The summed E-state index contributed by atoms with van der Waals surface area (Å²) in [7, 11) is 0. The summed E-state index contributed by atoms with van der Waals surface area (Å²) in [5.41, 5.74) is 1.48. The van der Waals surface area contributed by atoms with Crippen LogP contribution in [0.4, 0.5) is 0 Å². The van der Waals surface area contributed by atoms with Gasteiger partial charge in [-0.2, -0.15) is 0 Å². The van der Waals surface area contributed by atoms with Gasteiger partial charge < -0.3 is 20.1 Å². The van der Waals surface area contributed by atoms with Gasteiger partial charge in [-0.1, -0.05) is 18.2 Å². The quantitative estimate of drug-likeness (QED) is 0.864. The number of nitrogens with zero attached hydrogens (tertiary/aromatic N) is 1. The van der Waals surface area contributed by atoms with Gasteiger partial charge in [0.1, 0.15) is 5.75 Å². The van der Waals surface area contributed by atoms with Gasteiger partial charge in [0.2, 0.25) is 0 Å². The van der Waals surface area contributed by atoms with Crippen molar-refractivity contribution in [2.75, 3.05) is 26.2 Å². The van der Waals surface area contributed by atoms with E-state index in [1.165, 1.54) is 0 Å². The first-order valence-corrected chi connectivity index (χ1v) is 8.99. The van der Waals surface area contributed by atoms with E-state index in [0.29, 0.717) is 18.7 Å². The summed E-state index contributed by atoms with van der Waals surface area (Å²) in [5, 5.41) is 13.4. The molecule has 2 atom stereocenters. The zero-order valence-electron chi connectivity index (χ0n) is 14.3.